The highest BCUT2D eigenvalue weighted by Crippen LogP contribution is 2.19. The molecule has 1 aliphatic heterocycles. The number of likely N-dealkylation sites (tertiary alicyclic amines) is 1. The summed E-state index contributed by atoms with van der Waals surface area (Å²) in [5.74, 6) is 0.256. The summed E-state index contributed by atoms with van der Waals surface area (Å²) >= 11 is 5.85. The molecule has 4 nitrogen and oxygen atoms in total. The number of carbonyl (C=O) groups excluding carboxylic acids is 2. The molecule has 2 rings (SSSR count). The molecule has 2 amide bonds. The van der Waals surface area contributed by atoms with Gasteiger partial charge in [0.1, 0.15) is 0 Å². The Hall–Kier alpha value is -1.55. The van der Waals surface area contributed by atoms with Crippen molar-refractivity contribution in [1.82, 2.24) is 10.2 Å². The second kappa shape index (κ2) is 7.63. The standard InChI is InChI=1S/C17H23ClN2O2/c1-12(2)19-17(22)14-7-9-20(10-8-14)16(21)11-13-3-5-15(18)6-4-13/h3-6,12,14H,7-11H2,1-2H3,(H,19,22). The predicted octanol–water partition coefficient (Wildman–Crippen LogP) is 2.65. The van der Waals surface area contributed by atoms with Crippen LogP contribution < -0.4 is 5.32 Å². The van der Waals surface area contributed by atoms with Gasteiger partial charge in [0.2, 0.25) is 11.8 Å². The molecule has 1 saturated heterocycles. The first-order chi connectivity index (χ1) is 10.5. The van der Waals surface area contributed by atoms with Crippen molar-refractivity contribution in [1.29, 1.82) is 0 Å². The van der Waals surface area contributed by atoms with E-state index < -0.39 is 0 Å². The number of amides is 2. The van der Waals surface area contributed by atoms with Crippen LogP contribution in [0.2, 0.25) is 5.02 Å². The fourth-order valence-corrected chi connectivity index (χ4v) is 2.81. The summed E-state index contributed by atoms with van der Waals surface area (Å²) in [5, 5.41) is 3.62. The molecule has 1 aliphatic rings. The monoisotopic (exact) mass is 322 g/mol. The number of carbonyl (C=O) groups is 2. The first-order valence-corrected chi connectivity index (χ1v) is 8.16. The van der Waals surface area contributed by atoms with Gasteiger partial charge in [-0.15, -0.1) is 0 Å². The largest absolute Gasteiger partial charge is 0.354 e. The van der Waals surface area contributed by atoms with E-state index in [9.17, 15) is 9.59 Å². The first kappa shape index (κ1) is 16.8. The Morgan fingerprint density at radius 3 is 2.36 bits per heavy atom. The molecule has 0 spiro atoms. The van der Waals surface area contributed by atoms with Gasteiger partial charge in [-0.25, -0.2) is 0 Å². The van der Waals surface area contributed by atoms with Gasteiger partial charge in [-0.05, 0) is 44.4 Å². The molecule has 0 saturated carbocycles. The lowest BCUT2D eigenvalue weighted by atomic mass is 9.95. The normalized spacial score (nSPS) is 15.9. The van der Waals surface area contributed by atoms with Crippen LogP contribution in [0.3, 0.4) is 0 Å². The topological polar surface area (TPSA) is 49.4 Å². The van der Waals surface area contributed by atoms with Crippen LogP contribution in [0, 0.1) is 5.92 Å². The lowest BCUT2D eigenvalue weighted by Crippen LogP contribution is -2.44. The van der Waals surface area contributed by atoms with Gasteiger partial charge in [-0.2, -0.15) is 0 Å². The van der Waals surface area contributed by atoms with Gasteiger partial charge in [0.15, 0.2) is 0 Å². The maximum absolute atomic E-state index is 12.3. The zero-order chi connectivity index (χ0) is 16.1. The first-order valence-electron chi connectivity index (χ1n) is 7.78. The van der Waals surface area contributed by atoms with Crippen molar-refractivity contribution in [2.45, 2.75) is 39.2 Å². The van der Waals surface area contributed by atoms with Gasteiger partial charge >= 0.3 is 0 Å². The van der Waals surface area contributed by atoms with Gasteiger partial charge in [0, 0.05) is 30.1 Å². The molecule has 1 aromatic rings. The highest BCUT2D eigenvalue weighted by molar-refractivity contribution is 6.30. The Bertz CT molecular complexity index is 520. The van der Waals surface area contributed by atoms with Gasteiger partial charge < -0.3 is 10.2 Å². The molecule has 0 atom stereocenters. The number of benzene rings is 1. The van der Waals surface area contributed by atoms with Gasteiger partial charge in [-0.1, -0.05) is 23.7 Å². The fraction of sp³-hybridized carbons (Fsp3) is 0.529. The number of piperidine rings is 1. The number of hydrogen-bond donors (Lipinski definition) is 1. The van der Waals surface area contributed by atoms with Crippen molar-refractivity contribution in [3.8, 4) is 0 Å². The van der Waals surface area contributed by atoms with Crippen molar-refractivity contribution < 1.29 is 9.59 Å². The van der Waals surface area contributed by atoms with Gasteiger partial charge in [-0.3, -0.25) is 9.59 Å². The third kappa shape index (κ3) is 4.73. The quantitative estimate of drug-likeness (QED) is 0.926. The number of hydrogen-bond acceptors (Lipinski definition) is 2. The second-order valence-electron chi connectivity index (χ2n) is 6.12. The lowest BCUT2D eigenvalue weighted by molar-refractivity contribution is -0.135. The molecule has 0 bridgehead atoms. The van der Waals surface area contributed by atoms with Gasteiger partial charge in [0.05, 0.1) is 6.42 Å². The Balaban J connectivity index is 1.82. The molecule has 5 heteroatoms. The van der Waals surface area contributed by atoms with Crippen LogP contribution in [0.25, 0.3) is 0 Å². The predicted molar refractivity (Wildman–Crippen MR) is 87.7 cm³/mol. The number of nitrogens with one attached hydrogen (secondary N) is 1. The minimum Gasteiger partial charge on any atom is -0.354 e. The van der Waals surface area contributed by atoms with Crippen LogP contribution in [0.5, 0.6) is 0 Å². The smallest absolute Gasteiger partial charge is 0.226 e. The molecule has 1 heterocycles. The van der Waals surface area contributed by atoms with Gasteiger partial charge in [0.25, 0.3) is 0 Å². The Labute approximate surface area is 136 Å². The summed E-state index contributed by atoms with van der Waals surface area (Å²) in [7, 11) is 0. The average Bonchev–Trinajstić information content (AvgIpc) is 2.49. The van der Waals surface area contributed by atoms with Crippen LogP contribution in [-0.4, -0.2) is 35.8 Å². The van der Waals surface area contributed by atoms with Crippen LogP contribution in [-0.2, 0) is 16.0 Å². The van der Waals surface area contributed by atoms with Crippen LogP contribution in [0.15, 0.2) is 24.3 Å². The zero-order valence-electron chi connectivity index (χ0n) is 13.1. The summed E-state index contributed by atoms with van der Waals surface area (Å²) < 4.78 is 0. The van der Waals surface area contributed by atoms with Crippen molar-refractivity contribution >= 4 is 23.4 Å². The molecule has 0 unspecified atom stereocenters. The zero-order valence-corrected chi connectivity index (χ0v) is 13.9. The Kier molecular flexibility index (Phi) is 5.83. The average molecular weight is 323 g/mol. The van der Waals surface area contributed by atoms with E-state index in [0.29, 0.717) is 24.5 Å². The van der Waals surface area contributed by atoms with E-state index >= 15 is 0 Å². The summed E-state index contributed by atoms with van der Waals surface area (Å²) in [6.45, 7) is 5.23. The van der Waals surface area contributed by atoms with Crippen molar-refractivity contribution in [2.24, 2.45) is 5.92 Å². The second-order valence-corrected chi connectivity index (χ2v) is 6.56. The molecule has 1 aromatic carbocycles. The van der Waals surface area contributed by atoms with E-state index in [0.717, 1.165) is 18.4 Å². The summed E-state index contributed by atoms with van der Waals surface area (Å²) in [5.41, 5.74) is 0.967. The van der Waals surface area contributed by atoms with E-state index in [1.165, 1.54) is 0 Å². The molecule has 0 aromatic heterocycles. The lowest BCUT2D eigenvalue weighted by Gasteiger charge is -2.31. The number of rotatable bonds is 4. The fourth-order valence-electron chi connectivity index (χ4n) is 2.68. The van der Waals surface area contributed by atoms with E-state index in [2.05, 4.69) is 5.32 Å². The summed E-state index contributed by atoms with van der Waals surface area (Å²) in [6, 6.07) is 7.52. The molecule has 0 aliphatic carbocycles. The molecule has 1 fully saturated rings. The minimum absolute atomic E-state index is 0.0296. The molecule has 1 N–H and O–H groups in total. The maximum atomic E-state index is 12.3. The van der Waals surface area contributed by atoms with Crippen molar-refractivity contribution in [3.63, 3.8) is 0 Å². The highest BCUT2D eigenvalue weighted by Gasteiger charge is 2.27. The molecular weight excluding hydrogens is 300 g/mol. The highest BCUT2D eigenvalue weighted by atomic mass is 35.5. The van der Waals surface area contributed by atoms with E-state index in [1.54, 1.807) is 12.1 Å². The van der Waals surface area contributed by atoms with Crippen molar-refractivity contribution in [3.05, 3.63) is 34.9 Å². The third-order valence-electron chi connectivity index (χ3n) is 3.92. The van der Waals surface area contributed by atoms with Crippen LogP contribution >= 0.6 is 11.6 Å². The van der Waals surface area contributed by atoms with E-state index in [1.807, 2.05) is 30.9 Å². The Morgan fingerprint density at radius 1 is 1.23 bits per heavy atom. The Morgan fingerprint density at radius 2 is 1.82 bits per heavy atom. The molecular formula is C17H23ClN2O2. The van der Waals surface area contributed by atoms with Crippen molar-refractivity contribution in [2.75, 3.05) is 13.1 Å². The van der Waals surface area contributed by atoms with E-state index in [4.69, 9.17) is 11.6 Å². The summed E-state index contributed by atoms with van der Waals surface area (Å²) in [6.07, 6.45) is 1.87. The SMILES string of the molecule is CC(C)NC(=O)C1CCN(C(=O)Cc2ccc(Cl)cc2)CC1. The summed E-state index contributed by atoms with van der Waals surface area (Å²) in [4.78, 5) is 26.1. The third-order valence-corrected chi connectivity index (χ3v) is 4.17. The number of nitrogens with zero attached hydrogens (tertiary/aromatic N) is 1. The maximum Gasteiger partial charge on any atom is 0.226 e. The minimum atomic E-state index is 0.0296. The molecule has 0 radical (unpaired) electrons. The van der Waals surface area contributed by atoms with Crippen LogP contribution in [0.4, 0.5) is 0 Å². The molecule has 22 heavy (non-hydrogen) atoms. The number of halogens is 1. The van der Waals surface area contributed by atoms with E-state index in [-0.39, 0.29) is 23.8 Å². The molecule has 120 valence electrons. The van der Waals surface area contributed by atoms with Crippen LogP contribution in [0.1, 0.15) is 32.3 Å².